The predicted octanol–water partition coefficient (Wildman–Crippen LogP) is 1.22. The van der Waals surface area contributed by atoms with Crippen molar-refractivity contribution in [2.75, 3.05) is 26.2 Å². The summed E-state index contributed by atoms with van der Waals surface area (Å²) in [4.78, 5) is 9.49. The van der Waals surface area contributed by atoms with Crippen molar-refractivity contribution in [3.63, 3.8) is 0 Å². The maximum atomic E-state index is 12.6. The van der Waals surface area contributed by atoms with E-state index in [1.54, 1.807) is 4.31 Å². The lowest BCUT2D eigenvalue weighted by atomic mass is 10.1. The van der Waals surface area contributed by atoms with Crippen LogP contribution in [0.1, 0.15) is 38.4 Å². The summed E-state index contributed by atoms with van der Waals surface area (Å²) in [7, 11) is -3.41. The lowest BCUT2D eigenvalue weighted by Crippen LogP contribution is -2.41. The van der Waals surface area contributed by atoms with E-state index in [2.05, 4.69) is 14.9 Å². The molecule has 21 heavy (non-hydrogen) atoms. The summed E-state index contributed by atoms with van der Waals surface area (Å²) in [6.45, 7) is 5.41. The van der Waals surface area contributed by atoms with Crippen LogP contribution in [-0.4, -0.2) is 59.8 Å². The number of aromatic nitrogens is 2. The first kappa shape index (κ1) is 15.0. The van der Waals surface area contributed by atoms with Crippen LogP contribution in [0.5, 0.6) is 0 Å². The third kappa shape index (κ3) is 3.00. The van der Waals surface area contributed by atoms with Crippen molar-refractivity contribution in [1.29, 1.82) is 0 Å². The van der Waals surface area contributed by atoms with Gasteiger partial charge in [-0.1, -0.05) is 13.3 Å². The molecule has 1 aromatic rings. The van der Waals surface area contributed by atoms with Crippen LogP contribution in [0.3, 0.4) is 0 Å². The minimum atomic E-state index is -3.41. The van der Waals surface area contributed by atoms with Gasteiger partial charge < -0.3 is 4.98 Å². The number of nitrogens with one attached hydrogen (secondary N) is 1. The van der Waals surface area contributed by atoms with Gasteiger partial charge in [0.1, 0.15) is 5.82 Å². The van der Waals surface area contributed by atoms with Gasteiger partial charge in [0.25, 0.3) is 10.0 Å². The van der Waals surface area contributed by atoms with Crippen molar-refractivity contribution in [1.82, 2.24) is 19.2 Å². The van der Waals surface area contributed by atoms with E-state index in [9.17, 15) is 8.42 Å². The van der Waals surface area contributed by atoms with Gasteiger partial charge >= 0.3 is 0 Å². The molecule has 3 rings (SSSR count). The molecule has 1 atom stereocenters. The number of sulfonamides is 1. The van der Waals surface area contributed by atoms with Crippen LogP contribution in [-0.2, 0) is 16.4 Å². The van der Waals surface area contributed by atoms with Gasteiger partial charge in [-0.2, -0.15) is 4.31 Å². The molecule has 7 heteroatoms. The average Bonchev–Trinajstić information content (AvgIpc) is 3.18. The van der Waals surface area contributed by atoms with E-state index in [0.29, 0.717) is 25.6 Å². The number of nitrogens with zero attached hydrogens (tertiary/aromatic N) is 3. The number of aromatic amines is 1. The highest BCUT2D eigenvalue weighted by Gasteiger charge is 2.36. The molecule has 0 radical (unpaired) electrons. The highest BCUT2D eigenvalue weighted by molar-refractivity contribution is 7.89. The Morgan fingerprint density at radius 2 is 2.05 bits per heavy atom. The van der Waals surface area contributed by atoms with Gasteiger partial charge in [-0.3, -0.25) is 4.90 Å². The quantitative estimate of drug-likeness (QED) is 0.907. The first-order valence-electron chi connectivity index (χ1n) is 7.89. The molecule has 2 aliphatic heterocycles. The van der Waals surface area contributed by atoms with E-state index in [1.165, 1.54) is 25.5 Å². The van der Waals surface area contributed by atoms with Crippen LogP contribution < -0.4 is 0 Å². The lowest BCUT2D eigenvalue weighted by molar-refractivity contribution is 0.169. The first-order chi connectivity index (χ1) is 10.1. The fourth-order valence-electron chi connectivity index (χ4n) is 3.30. The number of H-pyrrole nitrogens is 1. The van der Waals surface area contributed by atoms with E-state index in [-0.39, 0.29) is 5.03 Å². The fraction of sp³-hybridized carbons (Fsp3) is 0.786. The van der Waals surface area contributed by atoms with Crippen LogP contribution in [0.4, 0.5) is 0 Å². The lowest BCUT2D eigenvalue weighted by Gasteiger charge is -2.32. The summed E-state index contributed by atoms with van der Waals surface area (Å²) in [5.41, 5.74) is 0. The Balaban J connectivity index is 1.69. The number of imidazole rings is 1. The Bertz CT molecular complexity index is 578. The maximum Gasteiger partial charge on any atom is 0.260 e. The molecule has 2 saturated heterocycles. The van der Waals surface area contributed by atoms with Crippen molar-refractivity contribution in [3.05, 3.63) is 12.0 Å². The fourth-order valence-corrected chi connectivity index (χ4v) is 4.73. The molecule has 2 aliphatic rings. The van der Waals surface area contributed by atoms with Crippen LogP contribution in [0.15, 0.2) is 11.2 Å². The second-order valence-electron chi connectivity index (χ2n) is 5.95. The zero-order chi connectivity index (χ0) is 14.9. The standard InChI is InChI=1S/C14H24N4O2S/c1-2-13-15-10-14(16-13)21(19,20)18-9-6-12(11-18)17-7-4-3-5-8-17/h10,12H,2-9,11H2,1H3,(H,15,16). The highest BCUT2D eigenvalue weighted by atomic mass is 32.2. The zero-order valence-electron chi connectivity index (χ0n) is 12.6. The van der Waals surface area contributed by atoms with Crippen LogP contribution >= 0.6 is 0 Å². The van der Waals surface area contributed by atoms with Gasteiger partial charge in [0.05, 0.1) is 6.20 Å². The van der Waals surface area contributed by atoms with Crippen molar-refractivity contribution in [3.8, 4) is 0 Å². The summed E-state index contributed by atoms with van der Waals surface area (Å²) in [5, 5.41) is 0.235. The van der Waals surface area contributed by atoms with Gasteiger partial charge in [-0.25, -0.2) is 13.4 Å². The zero-order valence-corrected chi connectivity index (χ0v) is 13.4. The molecule has 118 valence electrons. The van der Waals surface area contributed by atoms with Crippen LogP contribution in [0, 0.1) is 0 Å². The molecule has 3 heterocycles. The largest absolute Gasteiger partial charge is 0.332 e. The van der Waals surface area contributed by atoms with E-state index in [0.717, 1.165) is 25.3 Å². The topological polar surface area (TPSA) is 69.3 Å². The number of hydrogen-bond acceptors (Lipinski definition) is 4. The van der Waals surface area contributed by atoms with Crippen molar-refractivity contribution in [2.45, 2.75) is 50.1 Å². The Kier molecular flexibility index (Phi) is 4.33. The number of likely N-dealkylation sites (tertiary alicyclic amines) is 1. The molecular formula is C14H24N4O2S. The maximum absolute atomic E-state index is 12.6. The Labute approximate surface area is 126 Å². The predicted molar refractivity (Wildman–Crippen MR) is 80.6 cm³/mol. The van der Waals surface area contributed by atoms with E-state index < -0.39 is 10.0 Å². The second-order valence-corrected chi connectivity index (χ2v) is 7.86. The van der Waals surface area contributed by atoms with E-state index in [1.807, 2.05) is 6.92 Å². The third-order valence-corrected chi connectivity index (χ3v) is 6.37. The molecule has 1 unspecified atom stereocenters. The average molecular weight is 312 g/mol. The Morgan fingerprint density at radius 1 is 1.29 bits per heavy atom. The van der Waals surface area contributed by atoms with Gasteiger partial charge in [-0.05, 0) is 32.4 Å². The molecule has 0 aromatic carbocycles. The number of piperidine rings is 1. The number of rotatable bonds is 4. The molecule has 0 amide bonds. The number of aryl methyl sites for hydroxylation is 1. The summed E-state index contributed by atoms with van der Waals surface area (Å²) in [6, 6.07) is 0.383. The minimum Gasteiger partial charge on any atom is -0.332 e. The molecular weight excluding hydrogens is 288 g/mol. The number of hydrogen-bond donors (Lipinski definition) is 1. The summed E-state index contributed by atoms with van der Waals surface area (Å²) >= 11 is 0. The smallest absolute Gasteiger partial charge is 0.260 e. The Morgan fingerprint density at radius 3 is 2.71 bits per heavy atom. The Hall–Kier alpha value is -0.920. The van der Waals surface area contributed by atoms with E-state index >= 15 is 0 Å². The SMILES string of the molecule is CCc1ncc(S(=O)(=O)N2CCC(N3CCCCC3)C2)[nH]1. The van der Waals surface area contributed by atoms with Crippen molar-refractivity contribution in [2.24, 2.45) is 0 Å². The molecule has 0 spiro atoms. The molecule has 0 aliphatic carbocycles. The van der Waals surface area contributed by atoms with Crippen LogP contribution in [0.25, 0.3) is 0 Å². The van der Waals surface area contributed by atoms with Gasteiger partial charge in [0.15, 0.2) is 5.03 Å². The minimum absolute atomic E-state index is 0.235. The molecule has 1 N–H and O–H groups in total. The monoisotopic (exact) mass is 312 g/mol. The second kappa shape index (κ2) is 6.06. The summed E-state index contributed by atoms with van der Waals surface area (Å²) in [5.74, 6) is 0.723. The summed E-state index contributed by atoms with van der Waals surface area (Å²) in [6.07, 6.45) is 6.88. The molecule has 0 bridgehead atoms. The summed E-state index contributed by atoms with van der Waals surface area (Å²) < 4.78 is 26.9. The van der Waals surface area contributed by atoms with Crippen molar-refractivity contribution < 1.29 is 8.42 Å². The van der Waals surface area contributed by atoms with E-state index in [4.69, 9.17) is 0 Å². The highest BCUT2D eigenvalue weighted by Crippen LogP contribution is 2.24. The molecule has 2 fully saturated rings. The molecule has 1 aromatic heterocycles. The van der Waals surface area contributed by atoms with Crippen LogP contribution in [0.2, 0.25) is 0 Å². The van der Waals surface area contributed by atoms with Crippen molar-refractivity contribution >= 4 is 10.0 Å². The van der Waals surface area contributed by atoms with Gasteiger partial charge in [0, 0.05) is 25.6 Å². The third-order valence-electron chi connectivity index (χ3n) is 4.59. The molecule has 0 saturated carbocycles. The first-order valence-corrected chi connectivity index (χ1v) is 9.33. The van der Waals surface area contributed by atoms with Gasteiger partial charge in [-0.15, -0.1) is 0 Å². The normalized spacial score (nSPS) is 25.5. The van der Waals surface area contributed by atoms with Gasteiger partial charge in [0.2, 0.25) is 0 Å². The molecule has 6 nitrogen and oxygen atoms in total.